The molecule has 0 aliphatic carbocycles. The maximum atomic E-state index is 12.3. The van der Waals surface area contributed by atoms with Crippen molar-refractivity contribution in [2.75, 3.05) is 26.8 Å². The summed E-state index contributed by atoms with van der Waals surface area (Å²) < 4.78 is 10.4. The van der Waals surface area contributed by atoms with Crippen LogP contribution in [0.2, 0.25) is 0 Å². The first kappa shape index (κ1) is 16.6. The summed E-state index contributed by atoms with van der Waals surface area (Å²) in [6, 6.07) is 4.76. The Labute approximate surface area is 139 Å². The predicted octanol–water partition coefficient (Wildman–Crippen LogP) is 1.32. The highest BCUT2D eigenvalue weighted by atomic mass is 16.5. The highest BCUT2D eigenvalue weighted by Crippen LogP contribution is 2.14. The molecule has 1 N–H and O–H groups in total. The van der Waals surface area contributed by atoms with Crippen LogP contribution in [0.15, 0.2) is 23.0 Å². The number of carbonyl (C=O) groups excluding carboxylic acids is 1. The van der Waals surface area contributed by atoms with Gasteiger partial charge in [-0.25, -0.2) is 9.78 Å². The molecule has 24 heavy (non-hydrogen) atoms. The first-order chi connectivity index (χ1) is 11.6. The molecule has 0 spiro atoms. The Kier molecular flexibility index (Phi) is 4.92. The molecule has 1 atom stereocenters. The van der Waals surface area contributed by atoms with Crippen LogP contribution < -0.4 is 5.56 Å². The summed E-state index contributed by atoms with van der Waals surface area (Å²) in [4.78, 5) is 33.5. The van der Waals surface area contributed by atoms with Gasteiger partial charge in [-0.2, -0.15) is 0 Å². The van der Waals surface area contributed by atoms with E-state index in [-0.39, 0.29) is 11.7 Å². The number of rotatable bonds is 4. The molecular formula is C17H21N3O4. The third-order valence-electron chi connectivity index (χ3n) is 4.23. The van der Waals surface area contributed by atoms with E-state index >= 15 is 0 Å². The second-order valence-electron chi connectivity index (χ2n) is 5.87. The number of hydrogen-bond donors (Lipinski definition) is 1. The lowest BCUT2D eigenvalue weighted by Crippen LogP contribution is -2.42. The average Bonchev–Trinajstić information content (AvgIpc) is 2.60. The molecule has 2 aromatic rings. The van der Waals surface area contributed by atoms with Crippen LogP contribution in [0.25, 0.3) is 10.9 Å². The van der Waals surface area contributed by atoms with Crippen molar-refractivity contribution in [2.45, 2.75) is 26.0 Å². The van der Waals surface area contributed by atoms with Gasteiger partial charge >= 0.3 is 5.97 Å². The largest absolute Gasteiger partial charge is 0.465 e. The number of benzene rings is 1. The van der Waals surface area contributed by atoms with Crippen LogP contribution in [-0.2, 0) is 16.0 Å². The quantitative estimate of drug-likeness (QED) is 0.851. The van der Waals surface area contributed by atoms with E-state index in [1.807, 2.05) is 0 Å². The summed E-state index contributed by atoms with van der Waals surface area (Å²) in [7, 11) is 1.33. The van der Waals surface area contributed by atoms with Crippen LogP contribution in [0, 0.1) is 0 Å². The molecular weight excluding hydrogens is 310 g/mol. The Morgan fingerprint density at radius 2 is 2.33 bits per heavy atom. The van der Waals surface area contributed by atoms with Crippen molar-refractivity contribution >= 4 is 16.9 Å². The van der Waals surface area contributed by atoms with E-state index < -0.39 is 5.97 Å². The van der Waals surface area contributed by atoms with Crippen molar-refractivity contribution in [1.29, 1.82) is 0 Å². The molecule has 1 aromatic carbocycles. The lowest BCUT2D eigenvalue weighted by molar-refractivity contribution is -0.0331. The Morgan fingerprint density at radius 1 is 1.50 bits per heavy atom. The molecule has 2 heterocycles. The Bertz CT molecular complexity index is 802. The minimum Gasteiger partial charge on any atom is -0.465 e. The van der Waals surface area contributed by atoms with Gasteiger partial charge < -0.3 is 14.5 Å². The van der Waals surface area contributed by atoms with Gasteiger partial charge in [-0.3, -0.25) is 9.69 Å². The zero-order valence-electron chi connectivity index (χ0n) is 13.9. The summed E-state index contributed by atoms with van der Waals surface area (Å²) >= 11 is 0. The minimum absolute atomic E-state index is 0.202. The molecule has 7 heteroatoms. The van der Waals surface area contributed by atoms with Crippen molar-refractivity contribution < 1.29 is 14.3 Å². The van der Waals surface area contributed by atoms with Crippen LogP contribution in [0.1, 0.15) is 29.5 Å². The van der Waals surface area contributed by atoms with Gasteiger partial charge in [-0.1, -0.05) is 6.92 Å². The van der Waals surface area contributed by atoms with Crippen LogP contribution in [0.3, 0.4) is 0 Å². The topological polar surface area (TPSA) is 84.5 Å². The first-order valence-electron chi connectivity index (χ1n) is 8.06. The SMILES string of the molecule is CC[C@@H]1CN(Cc2nc3cc(C(=O)OC)ccc3c(=O)[nH]2)CCO1. The molecule has 0 unspecified atom stereocenters. The molecule has 0 saturated carbocycles. The summed E-state index contributed by atoms with van der Waals surface area (Å²) in [5.74, 6) is 0.144. The van der Waals surface area contributed by atoms with E-state index in [1.54, 1.807) is 18.2 Å². The number of hydrogen-bond acceptors (Lipinski definition) is 6. The lowest BCUT2D eigenvalue weighted by atomic mass is 10.1. The number of nitrogens with zero attached hydrogens (tertiary/aromatic N) is 2. The van der Waals surface area contributed by atoms with Gasteiger partial charge in [0.1, 0.15) is 5.82 Å². The summed E-state index contributed by atoms with van der Waals surface area (Å²) in [5, 5.41) is 0.458. The second kappa shape index (κ2) is 7.11. The van der Waals surface area contributed by atoms with E-state index in [4.69, 9.17) is 9.47 Å². The van der Waals surface area contributed by atoms with Crippen molar-refractivity contribution in [3.63, 3.8) is 0 Å². The highest BCUT2D eigenvalue weighted by molar-refractivity contribution is 5.93. The molecule has 3 rings (SSSR count). The van der Waals surface area contributed by atoms with Gasteiger partial charge in [0.05, 0.1) is 42.8 Å². The van der Waals surface area contributed by atoms with Crippen molar-refractivity contribution in [3.05, 3.63) is 39.9 Å². The lowest BCUT2D eigenvalue weighted by Gasteiger charge is -2.31. The van der Waals surface area contributed by atoms with E-state index in [2.05, 4.69) is 21.8 Å². The van der Waals surface area contributed by atoms with E-state index in [0.29, 0.717) is 35.4 Å². The van der Waals surface area contributed by atoms with Gasteiger partial charge in [0.15, 0.2) is 0 Å². The van der Waals surface area contributed by atoms with E-state index in [1.165, 1.54) is 7.11 Å². The molecule has 1 aromatic heterocycles. The number of esters is 1. The zero-order chi connectivity index (χ0) is 17.1. The number of aromatic amines is 1. The smallest absolute Gasteiger partial charge is 0.337 e. The summed E-state index contributed by atoms with van der Waals surface area (Å²) in [6.45, 7) is 4.95. The van der Waals surface area contributed by atoms with E-state index in [0.717, 1.165) is 19.5 Å². The van der Waals surface area contributed by atoms with Crippen LogP contribution >= 0.6 is 0 Å². The molecule has 0 bridgehead atoms. The van der Waals surface area contributed by atoms with Crippen molar-refractivity contribution in [2.24, 2.45) is 0 Å². The highest BCUT2D eigenvalue weighted by Gasteiger charge is 2.20. The van der Waals surface area contributed by atoms with Gasteiger partial charge in [0.25, 0.3) is 5.56 Å². The van der Waals surface area contributed by atoms with Gasteiger partial charge in [-0.15, -0.1) is 0 Å². The van der Waals surface area contributed by atoms with Gasteiger partial charge in [0, 0.05) is 13.1 Å². The first-order valence-corrected chi connectivity index (χ1v) is 8.06. The van der Waals surface area contributed by atoms with Crippen LogP contribution in [0.4, 0.5) is 0 Å². The number of methoxy groups -OCH3 is 1. The van der Waals surface area contributed by atoms with Gasteiger partial charge in [-0.05, 0) is 24.6 Å². The number of H-pyrrole nitrogens is 1. The van der Waals surface area contributed by atoms with Crippen molar-refractivity contribution in [3.8, 4) is 0 Å². The van der Waals surface area contributed by atoms with Gasteiger partial charge in [0.2, 0.25) is 0 Å². The fourth-order valence-corrected chi connectivity index (χ4v) is 2.89. The molecule has 1 aliphatic heterocycles. The molecule has 7 nitrogen and oxygen atoms in total. The normalized spacial score (nSPS) is 18.7. The Morgan fingerprint density at radius 3 is 3.08 bits per heavy atom. The molecule has 128 valence electrons. The maximum Gasteiger partial charge on any atom is 0.337 e. The fraction of sp³-hybridized carbons (Fsp3) is 0.471. The number of ether oxygens (including phenoxy) is 2. The Balaban J connectivity index is 1.88. The third-order valence-corrected chi connectivity index (χ3v) is 4.23. The molecule has 0 radical (unpaired) electrons. The fourth-order valence-electron chi connectivity index (χ4n) is 2.89. The maximum absolute atomic E-state index is 12.3. The number of nitrogens with one attached hydrogen (secondary N) is 1. The number of carbonyl (C=O) groups is 1. The predicted molar refractivity (Wildman–Crippen MR) is 89.0 cm³/mol. The second-order valence-corrected chi connectivity index (χ2v) is 5.87. The minimum atomic E-state index is -0.445. The molecule has 1 fully saturated rings. The van der Waals surface area contributed by atoms with Crippen molar-refractivity contribution in [1.82, 2.24) is 14.9 Å². The average molecular weight is 331 g/mol. The van der Waals surface area contributed by atoms with Crippen LogP contribution in [0.5, 0.6) is 0 Å². The monoisotopic (exact) mass is 331 g/mol. The number of morpholine rings is 1. The molecule has 0 amide bonds. The third kappa shape index (κ3) is 3.47. The zero-order valence-corrected chi connectivity index (χ0v) is 13.9. The number of fused-ring (bicyclic) bond motifs is 1. The number of aromatic nitrogens is 2. The summed E-state index contributed by atoms with van der Waals surface area (Å²) in [6.07, 6.45) is 1.18. The molecule has 1 aliphatic rings. The molecule has 1 saturated heterocycles. The standard InChI is InChI=1S/C17H21N3O4/c1-3-12-9-20(6-7-24-12)10-15-18-14-8-11(17(22)23-2)4-5-13(14)16(21)19-15/h4-5,8,12H,3,6-7,9-10H2,1-2H3,(H,18,19,21)/t12-/m1/s1. The Hall–Kier alpha value is -2.25. The van der Waals surface area contributed by atoms with E-state index in [9.17, 15) is 9.59 Å². The van der Waals surface area contributed by atoms with Crippen LogP contribution in [-0.4, -0.2) is 53.7 Å². The summed E-state index contributed by atoms with van der Waals surface area (Å²) in [5.41, 5.74) is 0.676.